The van der Waals surface area contributed by atoms with E-state index in [1.807, 2.05) is 0 Å². The van der Waals surface area contributed by atoms with Crippen molar-refractivity contribution in [3.63, 3.8) is 0 Å². The summed E-state index contributed by atoms with van der Waals surface area (Å²) in [5, 5.41) is 0. The Morgan fingerprint density at radius 1 is 1.07 bits per heavy atom. The maximum Gasteiger partial charge on any atom is 0.0349 e. The predicted octanol–water partition coefficient (Wildman–Crippen LogP) is 3.95. The van der Waals surface area contributed by atoms with Gasteiger partial charge in [-0.15, -0.1) is 0 Å². The Hall–Kier alpha value is -0.980. The van der Waals surface area contributed by atoms with Crippen LogP contribution in [0, 0.1) is 0 Å². The van der Waals surface area contributed by atoms with Gasteiger partial charge in [0, 0.05) is 5.69 Å². The third-order valence-electron chi connectivity index (χ3n) is 2.91. The van der Waals surface area contributed by atoms with Gasteiger partial charge < -0.3 is 5.73 Å². The number of nitrogen functional groups attached to an aromatic ring is 1. The molecule has 2 N–H and O–H groups in total. The molecular formula is C14H23N. The zero-order valence-electron chi connectivity index (χ0n) is 10.1. The first-order valence-electron chi connectivity index (χ1n) is 6.15. The van der Waals surface area contributed by atoms with Gasteiger partial charge in [-0.25, -0.2) is 0 Å². The van der Waals surface area contributed by atoms with Crippen LogP contribution in [0.25, 0.3) is 0 Å². The summed E-state index contributed by atoms with van der Waals surface area (Å²) in [6.45, 7) is 4.39. The van der Waals surface area contributed by atoms with Crippen LogP contribution in [0.1, 0.15) is 50.7 Å². The Kier molecular flexibility index (Phi) is 5.23. The molecule has 1 aromatic carbocycles. The standard InChI is InChI=1S/C14H23N/c1-3-5-6-7-8-12-9-10-13(4-2)14(15)11-12/h9-11H,3-8,15H2,1-2H3. The largest absolute Gasteiger partial charge is 0.398 e. The van der Waals surface area contributed by atoms with Gasteiger partial charge in [-0.1, -0.05) is 45.2 Å². The molecule has 0 saturated heterocycles. The first-order chi connectivity index (χ1) is 7.27. The molecule has 0 radical (unpaired) electrons. The molecule has 0 aliphatic rings. The van der Waals surface area contributed by atoms with Crippen LogP contribution in [0.5, 0.6) is 0 Å². The van der Waals surface area contributed by atoms with E-state index in [0.717, 1.165) is 12.1 Å². The minimum Gasteiger partial charge on any atom is -0.398 e. The van der Waals surface area contributed by atoms with E-state index in [2.05, 4.69) is 32.0 Å². The number of hydrogen-bond donors (Lipinski definition) is 1. The van der Waals surface area contributed by atoms with Crippen LogP contribution in [-0.4, -0.2) is 0 Å². The fraction of sp³-hybridized carbons (Fsp3) is 0.571. The van der Waals surface area contributed by atoms with Gasteiger partial charge in [-0.05, 0) is 36.5 Å². The molecule has 0 aliphatic heterocycles. The summed E-state index contributed by atoms with van der Waals surface area (Å²) < 4.78 is 0. The molecule has 1 aromatic rings. The highest BCUT2D eigenvalue weighted by atomic mass is 14.6. The van der Waals surface area contributed by atoms with E-state index in [1.54, 1.807) is 0 Å². The van der Waals surface area contributed by atoms with Crippen LogP contribution in [0.2, 0.25) is 0 Å². The van der Waals surface area contributed by atoms with E-state index in [4.69, 9.17) is 5.73 Å². The number of nitrogens with two attached hydrogens (primary N) is 1. The van der Waals surface area contributed by atoms with Crippen molar-refractivity contribution in [1.29, 1.82) is 0 Å². The average Bonchev–Trinajstić information content (AvgIpc) is 2.25. The number of hydrogen-bond acceptors (Lipinski definition) is 1. The van der Waals surface area contributed by atoms with Gasteiger partial charge in [0.05, 0.1) is 0 Å². The minimum absolute atomic E-state index is 0.963. The topological polar surface area (TPSA) is 26.0 Å². The Morgan fingerprint density at radius 3 is 2.47 bits per heavy atom. The monoisotopic (exact) mass is 205 g/mol. The van der Waals surface area contributed by atoms with Crippen molar-refractivity contribution >= 4 is 5.69 Å². The smallest absolute Gasteiger partial charge is 0.0349 e. The Balaban J connectivity index is 2.45. The summed E-state index contributed by atoms with van der Waals surface area (Å²) in [5.74, 6) is 0. The second-order valence-corrected chi connectivity index (χ2v) is 4.20. The van der Waals surface area contributed by atoms with Gasteiger partial charge in [-0.3, -0.25) is 0 Å². The van der Waals surface area contributed by atoms with Crippen molar-refractivity contribution in [2.24, 2.45) is 0 Å². The molecule has 0 bridgehead atoms. The van der Waals surface area contributed by atoms with Gasteiger partial charge in [0.1, 0.15) is 0 Å². The molecule has 0 heterocycles. The van der Waals surface area contributed by atoms with E-state index >= 15 is 0 Å². The van der Waals surface area contributed by atoms with Gasteiger partial charge >= 0.3 is 0 Å². The first-order valence-corrected chi connectivity index (χ1v) is 6.15. The summed E-state index contributed by atoms with van der Waals surface area (Å²) in [7, 11) is 0. The normalized spacial score (nSPS) is 10.5. The highest BCUT2D eigenvalue weighted by Crippen LogP contribution is 2.16. The van der Waals surface area contributed by atoms with Gasteiger partial charge in [0.2, 0.25) is 0 Å². The number of unbranched alkanes of at least 4 members (excludes halogenated alkanes) is 3. The van der Waals surface area contributed by atoms with Crippen molar-refractivity contribution < 1.29 is 0 Å². The molecular weight excluding hydrogens is 182 g/mol. The molecule has 0 unspecified atom stereocenters. The van der Waals surface area contributed by atoms with Crippen LogP contribution in [0.15, 0.2) is 18.2 Å². The summed E-state index contributed by atoms with van der Waals surface area (Å²) in [6, 6.07) is 6.54. The Bertz CT molecular complexity index is 291. The molecule has 0 atom stereocenters. The summed E-state index contributed by atoms with van der Waals surface area (Å²) in [6.07, 6.45) is 7.49. The second-order valence-electron chi connectivity index (χ2n) is 4.20. The molecule has 0 aromatic heterocycles. The van der Waals surface area contributed by atoms with Crippen LogP contribution in [0.3, 0.4) is 0 Å². The van der Waals surface area contributed by atoms with Gasteiger partial charge in [0.15, 0.2) is 0 Å². The fourth-order valence-corrected chi connectivity index (χ4v) is 1.88. The van der Waals surface area contributed by atoms with Crippen molar-refractivity contribution in [3.05, 3.63) is 29.3 Å². The van der Waals surface area contributed by atoms with E-state index in [0.29, 0.717) is 0 Å². The Labute approximate surface area is 93.7 Å². The summed E-state index contributed by atoms with van der Waals surface area (Å²) >= 11 is 0. The quantitative estimate of drug-likeness (QED) is 0.552. The number of rotatable bonds is 6. The summed E-state index contributed by atoms with van der Waals surface area (Å²) in [5.41, 5.74) is 9.59. The predicted molar refractivity (Wildman–Crippen MR) is 68.1 cm³/mol. The van der Waals surface area contributed by atoms with Crippen molar-refractivity contribution in [1.82, 2.24) is 0 Å². The molecule has 0 spiro atoms. The summed E-state index contributed by atoms with van der Waals surface area (Å²) in [4.78, 5) is 0. The van der Waals surface area contributed by atoms with Crippen molar-refractivity contribution in [2.75, 3.05) is 5.73 Å². The molecule has 0 fully saturated rings. The lowest BCUT2D eigenvalue weighted by molar-refractivity contribution is 0.667. The number of anilines is 1. The maximum absolute atomic E-state index is 5.96. The first kappa shape index (κ1) is 12.1. The molecule has 84 valence electrons. The lowest BCUT2D eigenvalue weighted by Gasteiger charge is -2.06. The molecule has 1 heteroatoms. The van der Waals surface area contributed by atoms with Crippen LogP contribution in [0.4, 0.5) is 5.69 Å². The molecule has 0 saturated carbocycles. The Morgan fingerprint density at radius 2 is 1.87 bits per heavy atom. The van der Waals surface area contributed by atoms with E-state index < -0.39 is 0 Å². The lowest BCUT2D eigenvalue weighted by Crippen LogP contribution is -1.95. The number of aryl methyl sites for hydroxylation is 2. The highest BCUT2D eigenvalue weighted by Gasteiger charge is 1.99. The third kappa shape index (κ3) is 3.94. The van der Waals surface area contributed by atoms with Crippen LogP contribution < -0.4 is 5.73 Å². The second kappa shape index (κ2) is 6.49. The van der Waals surface area contributed by atoms with E-state index in [1.165, 1.54) is 43.2 Å². The minimum atomic E-state index is 0.963. The fourth-order valence-electron chi connectivity index (χ4n) is 1.88. The molecule has 1 nitrogen and oxygen atoms in total. The number of benzene rings is 1. The molecule has 15 heavy (non-hydrogen) atoms. The molecule has 1 rings (SSSR count). The maximum atomic E-state index is 5.96. The SMILES string of the molecule is CCCCCCc1ccc(CC)c(N)c1. The van der Waals surface area contributed by atoms with E-state index in [9.17, 15) is 0 Å². The zero-order valence-corrected chi connectivity index (χ0v) is 10.1. The highest BCUT2D eigenvalue weighted by molar-refractivity contribution is 5.49. The van der Waals surface area contributed by atoms with E-state index in [-0.39, 0.29) is 0 Å². The van der Waals surface area contributed by atoms with Gasteiger partial charge in [-0.2, -0.15) is 0 Å². The molecule has 0 aliphatic carbocycles. The zero-order chi connectivity index (χ0) is 11.1. The van der Waals surface area contributed by atoms with Crippen LogP contribution >= 0.6 is 0 Å². The third-order valence-corrected chi connectivity index (χ3v) is 2.91. The van der Waals surface area contributed by atoms with Crippen LogP contribution in [-0.2, 0) is 12.8 Å². The van der Waals surface area contributed by atoms with Gasteiger partial charge in [0.25, 0.3) is 0 Å². The van der Waals surface area contributed by atoms with Crippen molar-refractivity contribution in [2.45, 2.75) is 52.4 Å². The average molecular weight is 205 g/mol. The van der Waals surface area contributed by atoms with Crippen molar-refractivity contribution in [3.8, 4) is 0 Å². The lowest BCUT2D eigenvalue weighted by atomic mass is 10.0. The molecule has 0 amide bonds.